The standard InChI is InChI=1S/C15H16ClN3S2/c1-18(9-11-7-8-14(16)21-11)10-19-13-6-4-3-5-12(13)17-15(19)20-2/h3-8H,9-10H2,1-2H3. The van der Waals surface area contributed by atoms with Gasteiger partial charge in [0.15, 0.2) is 5.16 Å². The molecule has 0 atom stereocenters. The molecule has 3 nitrogen and oxygen atoms in total. The van der Waals surface area contributed by atoms with Crippen LogP contribution in [-0.2, 0) is 13.2 Å². The predicted molar refractivity (Wildman–Crippen MR) is 92.3 cm³/mol. The fourth-order valence-corrected chi connectivity index (χ4v) is 4.07. The van der Waals surface area contributed by atoms with Crippen molar-refractivity contribution in [1.82, 2.24) is 14.5 Å². The van der Waals surface area contributed by atoms with Crippen molar-refractivity contribution >= 4 is 45.7 Å². The van der Waals surface area contributed by atoms with Gasteiger partial charge in [0.1, 0.15) is 0 Å². The second-order valence-electron chi connectivity index (χ2n) is 4.88. The smallest absolute Gasteiger partial charge is 0.169 e. The Bertz CT molecular complexity index is 750. The minimum Gasteiger partial charge on any atom is -0.305 e. The molecular weight excluding hydrogens is 322 g/mol. The normalized spacial score (nSPS) is 11.6. The second kappa shape index (κ2) is 6.40. The van der Waals surface area contributed by atoms with Crippen LogP contribution in [0.25, 0.3) is 11.0 Å². The molecule has 0 unspecified atom stereocenters. The SMILES string of the molecule is CSc1nc2ccccc2n1CN(C)Cc1ccc(Cl)s1. The number of thiophene rings is 1. The number of benzene rings is 1. The lowest BCUT2D eigenvalue weighted by molar-refractivity contribution is 0.257. The average Bonchev–Trinajstić information content (AvgIpc) is 3.03. The number of aromatic nitrogens is 2. The Balaban J connectivity index is 1.83. The fourth-order valence-electron chi connectivity index (χ4n) is 2.34. The first-order valence-corrected chi connectivity index (χ1v) is 9.01. The number of hydrogen-bond acceptors (Lipinski definition) is 4. The molecule has 3 aromatic rings. The number of rotatable bonds is 5. The number of hydrogen-bond donors (Lipinski definition) is 0. The van der Waals surface area contributed by atoms with Crippen molar-refractivity contribution in [3.8, 4) is 0 Å². The Morgan fingerprint density at radius 3 is 2.81 bits per heavy atom. The highest BCUT2D eigenvalue weighted by Crippen LogP contribution is 2.25. The van der Waals surface area contributed by atoms with Crippen LogP contribution in [-0.4, -0.2) is 27.8 Å². The molecule has 110 valence electrons. The van der Waals surface area contributed by atoms with Gasteiger partial charge < -0.3 is 4.57 Å². The maximum atomic E-state index is 5.99. The lowest BCUT2D eigenvalue weighted by Gasteiger charge is -2.18. The van der Waals surface area contributed by atoms with Crippen LogP contribution in [0.2, 0.25) is 4.34 Å². The molecule has 3 rings (SSSR count). The van der Waals surface area contributed by atoms with Gasteiger partial charge in [0.2, 0.25) is 0 Å². The zero-order valence-electron chi connectivity index (χ0n) is 11.9. The molecule has 0 saturated carbocycles. The molecule has 21 heavy (non-hydrogen) atoms. The summed E-state index contributed by atoms with van der Waals surface area (Å²) in [6.07, 6.45) is 2.07. The molecule has 2 heterocycles. The highest BCUT2D eigenvalue weighted by Gasteiger charge is 2.12. The molecule has 6 heteroatoms. The minimum absolute atomic E-state index is 0.812. The van der Waals surface area contributed by atoms with E-state index in [2.05, 4.69) is 52.0 Å². The molecule has 0 fully saturated rings. The topological polar surface area (TPSA) is 21.1 Å². The van der Waals surface area contributed by atoms with Gasteiger partial charge >= 0.3 is 0 Å². The van der Waals surface area contributed by atoms with E-state index in [0.717, 1.165) is 28.2 Å². The third-order valence-electron chi connectivity index (χ3n) is 3.24. The van der Waals surface area contributed by atoms with E-state index in [0.29, 0.717) is 0 Å². The Kier molecular flexibility index (Phi) is 4.54. The molecule has 0 amide bonds. The van der Waals surface area contributed by atoms with E-state index in [1.54, 1.807) is 23.1 Å². The van der Waals surface area contributed by atoms with Crippen molar-refractivity contribution in [2.45, 2.75) is 18.4 Å². The van der Waals surface area contributed by atoms with Crippen molar-refractivity contribution < 1.29 is 0 Å². The van der Waals surface area contributed by atoms with E-state index >= 15 is 0 Å². The molecular formula is C15H16ClN3S2. The molecule has 0 aliphatic heterocycles. The van der Waals surface area contributed by atoms with Crippen LogP contribution in [0, 0.1) is 0 Å². The van der Waals surface area contributed by atoms with Gasteiger partial charge in [-0.25, -0.2) is 4.98 Å². The summed E-state index contributed by atoms with van der Waals surface area (Å²) in [5, 5.41) is 1.05. The van der Waals surface area contributed by atoms with E-state index in [-0.39, 0.29) is 0 Å². The third-order valence-corrected chi connectivity index (χ3v) is 5.13. The fraction of sp³-hybridized carbons (Fsp3) is 0.267. The van der Waals surface area contributed by atoms with Crippen molar-refractivity contribution in [2.24, 2.45) is 0 Å². The molecule has 0 N–H and O–H groups in total. The number of fused-ring (bicyclic) bond motifs is 1. The average molecular weight is 338 g/mol. The van der Waals surface area contributed by atoms with Crippen LogP contribution in [0.5, 0.6) is 0 Å². The number of imidazole rings is 1. The third kappa shape index (κ3) is 3.26. The number of thioether (sulfide) groups is 1. The molecule has 0 radical (unpaired) electrons. The summed E-state index contributed by atoms with van der Waals surface area (Å²) in [5.74, 6) is 0. The first-order chi connectivity index (χ1) is 10.2. The van der Waals surface area contributed by atoms with E-state index in [4.69, 9.17) is 11.6 Å². The predicted octanol–water partition coefficient (Wildman–Crippen LogP) is 4.56. The summed E-state index contributed by atoms with van der Waals surface area (Å²) in [5.41, 5.74) is 2.23. The van der Waals surface area contributed by atoms with Crippen LogP contribution in [0.4, 0.5) is 0 Å². The van der Waals surface area contributed by atoms with E-state index < -0.39 is 0 Å². The Hall–Kier alpha value is -1.01. The number of halogens is 1. The van der Waals surface area contributed by atoms with Crippen molar-refractivity contribution in [3.63, 3.8) is 0 Å². The zero-order valence-corrected chi connectivity index (χ0v) is 14.3. The molecule has 0 bridgehead atoms. The van der Waals surface area contributed by atoms with Crippen LogP contribution in [0.1, 0.15) is 4.88 Å². The molecule has 0 spiro atoms. The van der Waals surface area contributed by atoms with Crippen LogP contribution >= 0.6 is 34.7 Å². The minimum atomic E-state index is 0.812. The summed E-state index contributed by atoms with van der Waals surface area (Å²) in [4.78, 5) is 8.23. The van der Waals surface area contributed by atoms with Gasteiger partial charge in [-0.3, -0.25) is 4.90 Å². The largest absolute Gasteiger partial charge is 0.305 e. The zero-order chi connectivity index (χ0) is 14.8. The van der Waals surface area contributed by atoms with Crippen molar-refractivity contribution in [3.05, 3.63) is 45.6 Å². The maximum Gasteiger partial charge on any atom is 0.169 e. The van der Waals surface area contributed by atoms with E-state index in [1.165, 1.54) is 10.4 Å². The molecule has 1 aromatic carbocycles. The number of para-hydroxylation sites is 2. The summed E-state index contributed by atoms with van der Waals surface area (Å²) in [6.45, 7) is 1.70. The Morgan fingerprint density at radius 1 is 1.29 bits per heavy atom. The van der Waals surface area contributed by atoms with Gasteiger partial charge in [0, 0.05) is 11.4 Å². The molecule has 2 aromatic heterocycles. The van der Waals surface area contributed by atoms with Gasteiger partial charge in [-0.2, -0.15) is 0 Å². The maximum absolute atomic E-state index is 5.99. The van der Waals surface area contributed by atoms with Gasteiger partial charge in [0.25, 0.3) is 0 Å². The quantitative estimate of drug-likeness (QED) is 0.637. The van der Waals surface area contributed by atoms with E-state index in [1.807, 2.05) is 12.1 Å². The van der Waals surface area contributed by atoms with Crippen LogP contribution in [0.3, 0.4) is 0 Å². The van der Waals surface area contributed by atoms with Gasteiger partial charge in [0.05, 0.1) is 22.0 Å². The molecule has 0 aliphatic rings. The van der Waals surface area contributed by atoms with Crippen molar-refractivity contribution in [1.29, 1.82) is 0 Å². The Morgan fingerprint density at radius 2 is 2.10 bits per heavy atom. The first kappa shape index (κ1) is 14.9. The Labute approximate surface area is 137 Å². The number of nitrogens with zero attached hydrogens (tertiary/aromatic N) is 3. The first-order valence-electron chi connectivity index (χ1n) is 6.59. The van der Waals surface area contributed by atoms with Gasteiger partial charge in [-0.15, -0.1) is 11.3 Å². The second-order valence-corrected chi connectivity index (χ2v) is 7.45. The molecule has 0 aliphatic carbocycles. The van der Waals surface area contributed by atoms with E-state index in [9.17, 15) is 0 Å². The van der Waals surface area contributed by atoms with Gasteiger partial charge in [-0.05, 0) is 37.6 Å². The van der Waals surface area contributed by atoms with Crippen LogP contribution < -0.4 is 0 Å². The van der Waals surface area contributed by atoms with Crippen molar-refractivity contribution in [2.75, 3.05) is 13.3 Å². The lowest BCUT2D eigenvalue weighted by Crippen LogP contribution is -2.21. The monoisotopic (exact) mass is 337 g/mol. The van der Waals surface area contributed by atoms with Crippen LogP contribution in [0.15, 0.2) is 41.6 Å². The summed E-state index contributed by atoms with van der Waals surface area (Å²) in [7, 11) is 2.12. The molecule has 0 saturated heterocycles. The highest BCUT2D eigenvalue weighted by molar-refractivity contribution is 7.98. The summed E-state index contributed by atoms with van der Waals surface area (Å²) in [6, 6.07) is 12.3. The summed E-state index contributed by atoms with van der Waals surface area (Å²) >= 11 is 9.31. The lowest BCUT2D eigenvalue weighted by atomic mass is 10.3. The highest BCUT2D eigenvalue weighted by atomic mass is 35.5. The summed E-state index contributed by atoms with van der Waals surface area (Å²) < 4.78 is 3.10. The van der Waals surface area contributed by atoms with Gasteiger partial charge in [-0.1, -0.05) is 35.5 Å².